The van der Waals surface area contributed by atoms with Gasteiger partial charge in [-0.25, -0.2) is 0 Å². The maximum atomic E-state index is 3.77. The molecule has 118 valence electrons. The average molecular weight is 418 g/mol. The third-order valence-electron chi connectivity index (χ3n) is 4.71. The summed E-state index contributed by atoms with van der Waals surface area (Å²) in [6.07, 6.45) is 1.22. The lowest BCUT2D eigenvalue weighted by molar-refractivity contribution is 0.281. The largest absolute Gasteiger partial charge is 0.364 e. The molecular weight excluding hydrogens is 392 g/mol. The first kappa shape index (κ1) is 17.3. The molecule has 0 amide bonds. The van der Waals surface area contributed by atoms with Gasteiger partial charge >= 0.3 is 0 Å². The van der Waals surface area contributed by atoms with Crippen LogP contribution >= 0.6 is 31.9 Å². The Hall–Kier alpha value is -0.0600. The predicted octanol–water partition coefficient (Wildman–Crippen LogP) is 5.06. The molecule has 2 nitrogen and oxygen atoms in total. The van der Waals surface area contributed by atoms with Crippen LogP contribution in [0.2, 0.25) is 0 Å². The van der Waals surface area contributed by atoms with Crippen LogP contribution in [-0.4, -0.2) is 25.2 Å². The van der Waals surface area contributed by atoms with E-state index >= 15 is 0 Å². The van der Waals surface area contributed by atoms with Gasteiger partial charge in [0.05, 0.1) is 5.69 Å². The first-order valence-electron chi connectivity index (χ1n) is 7.89. The lowest BCUT2D eigenvalue weighted by atomic mass is 9.91. The third-order valence-corrected chi connectivity index (χ3v) is 5.99. The fourth-order valence-corrected chi connectivity index (χ4v) is 4.53. The normalized spacial score (nSPS) is 24.4. The summed E-state index contributed by atoms with van der Waals surface area (Å²) in [6.45, 7) is 11.4. The number of hydrogen-bond donors (Lipinski definition) is 1. The average Bonchev–Trinajstić information content (AvgIpc) is 2.46. The lowest BCUT2D eigenvalue weighted by Gasteiger charge is -2.46. The second kappa shape index (κ2) is 7.47. The number of nitrogens with one attached hydrogen (secondary N) is 1. The van der Waals surface area contributed by atoms with Crippen LogP contribution in [0.25, 0.3) is 0 Å². The molecule has 3 unspecified atom stereocenters. The molecule has 0 saturated carbocycles. The Morgan fingerprint density at radius 2 is 1.86 bits per heavy atom. The second-order valence-electron chi connectivity index (χ2n) is 6.43. The molecule has 0 aliphatic carbocycles. The van der Waals surface area contributed by atoms with Crippen LogP contribution in [0.4, 0.5) is 5.69 Å². The van der Waals surface area contributed by atoms with Crippen molar-refractivity contribution in [2.75, 3.05) is 18.0 Å². The van der Waals surface area contributed by atoms with E-state index in [1.807, 2.05) is 0 Å². The van der Waals surface area contributed by atoms with Crippen molar-refractivity contribution in [3.05, 3.63) is 27.1 Å². The van der Waals surface area contributed by atoms with Crippen molar-refractivity contribution in [1.82, 2.24) is 5.32 Å². The van der Waals surface area contributed by atoms with Crippen LogP contribution < -0.4 is 10.2 Å². The summed E-state index contributed by atoms with van der Waals surface area (Å²) in [5, 5.41) is 3.77. The van der Waals surface area contributed by atoms with Crippen LogP contribution in [0.3, 0.4) is 0 Å². The zero-order valence-electron chi connectivity index (χ0n) is 13.4. The summed E-state index contributed by atoms with van der Waals surface area (Å²) in [5.41, 5.74) is 1.30. The van der Waals surface area contributed by atoms with E-state index in [2.05, 4.69) is 88.0 Å². The van der Waals surface area contributed by atoms with Crippen LogP contribution in [0.15, 0.2) is 27.1 Å². The highest BCUT2D eigenvalue weighted by molar-refractivity contribution is 9.11. The number of benzene rings is 1. The van der Waals surface area contributed by atoms with Gasteiger partial charge in [-0.15, -0.1) is 0 Å². The fraction of sp³-hybridized carbons (Fsp3) is 0.647. The monoisotopic (exact) mass is 416 g/mol. The molecule has 0 radical (unpaired) electrons. The maximum absolute atomic E-state index is 3.77. The molecule has 2 rings (SSSR count). The minimum absolute atomic E-state index is 0.528. The first-order valence-corrected chi connectivity index (χ1v) is 9.48. The van der Waals surface area contributed by atoms with E-state index < -0.39 is 0 Å². The second-order valence-corrected chi connectivity index (χ2v) is 8.14. The van der Waals surface area contributed by atoms with Crippen LogP contribution in [0.5, 0.6) is 0 Å². The lowest BCUT2D eigenvalue weighted by Crippen LogP contribution is -2.60. The van der Waals surface area contributed by atoms with E-state index in [1.165, 1.54) is 21.1 Å². The number of halogens is 2. The van der Waals surface area contributed by atoms with Gasteiger partial charge in [-0.05, 0) is 55.8 Å². The number of anilines is 1. The zero-order chi connectivity index (χ0) is 15.6. The molecule has 1 aliphatic heterocycles. The highest BCUT2D eigenvalue weighted by Crippen LogP contribution is 2.37. The fourth-order valence-electron chi connectivity index (χ4n) is 3.08. The molecule has 0 spiro atoms. The van der Waals surface area contributed by atoms with Gasteiger partial charge in [-0.1, -0.05) is 40.2 Å². The van der Waals surface area contributed by atoms with E-state index in [1.54, 1.807) is 0 Å². The smallest absolute Gasteiger partial charge is 0.0658 e. The third kappa shape index (κ3) is 3.83. The molecule has 1 aliphatic rings. The van der Waals surface area contributed by atoms with Crippen molar-refractivity contribution < 1.29 is 0 Å². The molecular formula is C17H26Br2N2. The number of hydrogen-bond acceptors (Lipinski definition) is 2. The van der Waals surface area contributed by atoms with E-state index in [4.69, 9.17) is 0 Å². The first-order chi connectivity index (χ1) is 9.95. The Morgan fingerprint density at radius 1 is 1.24 bits per heavy atom. The Bertz CT molecular complexity index is 456. The van der Waals surface area contributed by atoms with Crippen molar-refractivity contribution in [2.45, 2.75) is 46.2 Å². The van der Waals surface area contributed by atoms with E-state index in [0.29, 0.717) is 23.9 Å². The summed E-state index contributed by atoms with van der Waals surface area (Å²) in [6, 6.07) is 7.44. The molecule has 1 fully saturated rings. The summed E-state index contributed by atoms with van der Waals surface area (Å²) in [4.78, 5) is 2.59. The van der Waals surface area contributed by atoms with Crippen molar-refractivity contribution in [1.29, 1.82) is 0 Å². The Kier molecular flexibility index (Phi) is 6.15. The summed E-state index contributed by atoms with van der Waals surface area (Å²) >= 11 is 7.48. The van der Waals surface area contributed by atoms with Gasteiger partial charge in [0.15, 0.2) is 0 Å². The van der Waals surface area contributed by atoms with Crippen molar-refractivity contribution >= 4 is 37.5 Å². The number of para-hydroxylation sites is 1. The number of nitrogens with zero attached hydrogens (tertiary/aromatic N) is 1. The van der Waals surface area contributed by atoms with Crippen LogP contribution in [0, 0.1) is 11.8 Å². The minimum atomic E-state index is 0.528. The maximum Gasteiger partial charge on any atom is 0.0658 e. The quantitative estimate of drug-likeness (QED) is 0.736. The summed E-state index contributed by atoms with van der Waals surface area (Å²) in [5.74, 6) is 1.32. The van der Waals surface area contributed by atoms with Gasteiger partial charge < -0.3 is 10.2 Å². The number of rotatable bonds is 4. The SMILES string of the molecule is CCC(C)C1CN(c2c(Br)cccc2Br)C(C(C)C)CN1. The molecule has 3 atom stereocenters. The van der Waals surface area contributed by atoms with Crippen molar-refractivity contribution in [3.63, 3.8) is 0 Å². The highest BCUT2D eigenvalue weighted by Gasteiger charge is 2.33. The Labute approximate surface area is 145 Å². The van der Waals surface area contributed by atoms with Gasteiger partial charge in [-0.2, -0.15) is 0 Å². The molecule has 4 heteroatoms. The van der Waals surface area contributed by atoms with Gasteiger partial charge in [0, 0.05) is 34.1 Å². The molecule has 0 bridgehead atoms. The predicted molar refractivity (Wildman–Crippen MR) is 99.1 cm³/mol. The van der Waals surface area contributed by atoms with E-state index in [9.17, 15) is 0 Å². The van der Waals surface area contributed by atoms with Gasteiger partial charge in [-0.3, -0.25) is 0 Å². The highest BCUT2D eigenvalue weighted by atomic mass is 79.9. The number of piperazine rings is 1. The van der Waals surface area contributed by atoms with E-state index in [0.717, 1.165) is 13.1 Å². The molecule has 0 aromatic heterocycles. The standard InChI is InChI=1S/C17H26Br2N2/c1-5-12(4)15-10-21(16(9-20-15)11(2)3)17-13(18)7-6-8-14(17)19/h6-8,11-12,15-16,20H,5,9-10H2,1-4H3. The molecule has 1 heterocycles. The molecule has 1 saturated heterocycles. The van der Waals surface area contributed by atoms with Gasteiger partial charge in [0.1, 0.15) is 0 Å². The van der Waals surface area contributed by atoms with Crippen molar-refractivity contribution in [2.24, 2.45) is 11.8 Å². The molecule has 1 aromatic carbocycles. The zero-order valence-corrected chi connectivity index (χ0v) is 16.5. The van der Waals surface area contributed by atoms with Crippen LogP contribution in [0.1, 0.15) is 34.1 Å². The molecule has 1 N–H and O–H groups in total. The van der Waals surface area contributed by atoms with Gasteiger partial charge in [0.2, 0.25) is 0 Å². The Morgan fingerprint density at radius 3 is 2.38 bits per heavy atom. The molecule has 21 heavy (non-hydrogen) atoms. The van der Waals surface area contributed by atoms with E-state index in [-0.39, 0.29) is 0 Å². The Balaban J connectivity index is 2.34. The summed E-state index contributed by atoms with van der Waals surface area (Å²) < 4.78 is 2.35. The van der Waals surface area contributed by atoms with Gasteiger partial charge in [0.25, 0.3) is 0 Å². The molecule has 1 aromatic rings. The topological polar surface area (TPSA) is 15.3 Å². The van der Waals surface area contributed by atoms with Crippen molar-refractivity contribution in [3.8, 4) is 0 Å². The minimum Gasteiger partial charge on any atom is -0.364 e. The van der Waals surface area contributed by atoms with Crippen LogP contribution in [-0.2, 0) is 0 Å². The summed E-state index contributed by atoms with van der Waals surface area (Å²) in [7, 11) is 0.